The number of non-ortho nitro benzene ring substituents is 1. The van der Waals surface area contributed by atoms with Gasteiger partial charge in [0.2, 0.25) is 0 Å². The monoisotopic (exact) mass is 280 g/mol. The van der Waals surface area contributed by atoms with Crippen LogP contribution >= 0.6 is 11.6 Å². The first-order valence-electron chi connectivity index (χ1n) is 5.49. The average Bonchev–Trinajstić information content (AvgIpc) is 2.39. The van der Waals surface area contributed by atoms with Crippen LogP contribution in [-0.4, -0.2) is 4.92 Å². The molecule has 0 amide bonds. The van der Waals surface area contributed by atoms with E-state index in [-0.39, 0.29) is 17.9 Å². The van der Waals surface area contributed by atoms with Crippen molar-refractivity contribution in [3.63, 3.8) is 0 Å². The normalized spacial score (nSPS) is 10.2. The molecule has 0 unspecified atom stereocenters. The summed E-state index contributed by atoms with van der Waals surface area (Å²) in [7, 11) is 0. The fourth-order valence-corrected chi connectivity index (χ4v) is 1.80. The van der Waals surface area contributed by atoms with E-state index in [1.54, 1.807) is 18.2 Å². The Morgan fingerprint density at radius 3 is 2.68 bits per heavy atom. The van der Waals surface area contributed by atoms with Crippen LogP contribution in [0.2, 0.25) is 5.02 Å². The van der Waals surface area contributed by atoms with Gasteiger partial charge in [-0.3, -0.25) is 10.1 Å². The minimum Gasteiger partial charge on any atom is -0.378 e. The number of nitrogens with zero attached hydrogens (tertiary/aromatic N) is 1. The smallest absolute Gasteiger partial charge is 0.271 e. The van der Waals surface area contributed by atoms with Crippen LogP contribution in [0.15, 0.2) is 42.5 Å². The predicted molar refractivity (Wildman–Crippen MR) is 71.8 cm³/mol. The molecule has 0 saturated carbocycles. The molecular weight excluding hydrogens is 271 g/mol. The van der Waals surface area contributed by atoms with E-state index in [0.29, 0.717) is 5.02 Å². The second kappa shape index (κ2) is 5.67. The summed E-state index contributed by atoms with van der Waals surface area (Å²) >= 11 is 5.97. The Morgan fingerprint density at radius 2 is 2.00 bits per heavy atom. The van der Waals surface area contributed by atoms with Crippen molar-refractivity contribution < 1.29 is 9.31 Å². The second-order valence-corrected chi connectivity index (χ2v) is 4.27. The molecule has 0 radical (unpaired) electrons. The number of halogens is 2. The molecule has 0 spiro atoms. The van der Waals surface area contributed by atoms with Crippen LogP contribution in [0, 0.1) is 15.9 Å². The maximum Gasteiger partial charge on any atom is 0.271 e. The Balaban J connectivity index is 2.17. The first-order chi connectivity index (χ1) is 9.08. The van der Waals surface area contributed by atoms with Gasteiger partial charge in [-0.05, 0) is 17.7 Å². The zero-order valence-electron chi connectivity index (χ0n) is 9.77. The summed E-state index contributed by atoms with van der Waals surface area (Å²) in [5.74, 6) is -0.544. The lowest BCUT2D eigenvalue weighted by atomic mass is 10.2. The van der Waals surface area contributed by atoms with Gasteiger partial charge in [0.05, 0.1) is 10.6 Å². The molecule has 0 atom stereocenters. The number of benzene rings is 2. The third kappa shape index (κ3) is 3.20. The molecule has 19 heavy (non-hydrogen) atoms. The topological polar surface area (TPSA) is 55.2 Å². The predicted octanol–water partition coefficient (Wildman–Crippen LogP) is 4.00. The third-order valence-electron chi connectivity index (χ3n) is 2.59. The van der Waals surface area contributed by atoms with E-state index in [1.807, 2.05) is 6.07 Å². The number of nitro benzene ring substituents is 1. The Hall–Kier alpha value is -2.14. The number of hydrogen-bond acceptors (Lipinski definition) is 3. The van der Waals surface area contributed by atoms with E-state index in [1.165, 1.54) is 0 Å². The molecule has 0 aliphatic carbocycles. The van der Waals surface area contributed by atoms with Crippen LogP contribution in [0.5, 0.6) is 0 Å². The molecule has 2 aromatic rings. The Bertz CT molecular complexity index is 619. The lowest BCUT2D eigenvalue weighted by Crippen LogP contribution is -2.02. The van der Waals surface area contributed by atoms with Crippen molar-refractivity contribution in [2.45, 2.75) is 6.54 Å². The van der Waals surface area contributed by atoms with Crippen LogP contribution in [-0.2, 0) is 6.54 Å². The lowest BCUT2D eigenvalue weighted by Gasteiger charge is -2.08. The van der Waals surface area contributed by atoms with Crippen LogP contribution in [0.25, 0.3) is 0 Å². The van der Waals surface area contributed by atoms with Gasteiger partial charge in [0, 0.05) is 23.7 Å². The van der Waals surface area contributed by atoms with Crippen molar-refractivity contribution in [2.75, 3.05) is 5.32 Å². The standard InChI is InChI=1S/C13H10ClFN2O2/c14-11-4-2-1-3-9(11)8-16-13-7-10(17(18)19)5-6-12(13)15/h1-7,16H,8H2. The van der Waals surface area contributed by atoms with Gasteiger partial charge >= 0.3 is 0 Å². The highest BCUT2D eigenvalue weighted by atomic mass is 35.5. The second-order valence-electron chi connectivity index (χ2n) is 3.87. The number of anilines is 1. The van der Waals surface area contributed by atoms with Gasteiger partial charge in [0.25, 0.3) is 5.69 Å². The Kier molecular flexibility index (Phi) is 3.97. The van der Waals surface area contributed by atoms with Crippen molar-refractivity contribution in [1.82, 2.24) is 0 Å². The van der Waals surface area contributed by atoms with E-state index >= 15 is 0 Å². The minimum atomic E-state index is -0.569. The van der Waals surface area contributed by atoms with Gasteiger partial charge in [-0.2, -0.15) is 0 Å². The van der Waals surface area contributed by atoms with Gasteiger partial charge in [0.15, 0.2) is 0 Å². The van der Waals surface area contributed by atoms with E-state index in [4.69, 9.17) is 11.6 Å². The zero-order valence-corrected chi connectivity index (χ0v) is 10.5. The highest BCUT2D eigenvalue weighted by Crippen LogP contribution is 2.23. The third-order valence-corrected chi connectivity index (χ3v) is 2.96. The molecule has 0 fully saturated rings. The minimum absolute atomic E-state index is 0.0779. The van der Waals surface area contributed by atoms with Gasteiger partial charge < -0.3 is 5.32 Å². The van der Waals surface area contributed by atoms with Crippen molar-refractivity contribution in [3.8, 4) is 0 Å². The largest absolute Gasteiger partial charge is 0.378 e. The van der Waals surface area contributed by atoms with Gasteiger partial charge in [-0.1, -0.05) is 29.8 Å². The molecule has 0 aliphatic heterocycles. The first kappa shape index (κ1) is 13.3. The van der Waals surface area contributed by atoms with Gasteiger partial charge in [-0.25, -0.2) is 4.39 Å². The summed E-state index contributed by atoms with van der Waals surface area (Å²) in [5.41, 5.74) is 0.701. The fraction of sp³-hybridized carbons (Fsp3) is 0.0769. The molecule has 6 heteroatoms. The van der Waals surface area contributed by atoms with E-state index in [0.717, 1.165) is 23.8 Å². The molecule has 0 saturated heterocycles. The number of nitrogens with one attached hydrogen (secondary N) is 1. The van der Waals surface area contributed by atoms with E-state index in [2.05, 4.69) is 5.32 Å². The molecule has 0 aromatic heterocycles. The van der Waals surface area contributed by atoms with Crippen molar-refractivity contribution in [2.24, 2.45) is 0 Å². The lowest BCUT2D eigenvalue weighted by molar-refractivity contribution is -0.384. The molecule has 2 rings (SSSR count). The molecule has 0 bridgehead atoms. The molecule has 0 aliphatic rings. The maximum absolute atomic E-state index is 13.5. The van der Waals surface area contributed by atoms with Crippen LogP contribution in [0.4, 0.5) is 15.8 Å². The fourth-order valence-electron chi connectivity index (χ4n) is 1.59. The Labute approximate surface area is 114 Å². The molecular formula is C13H10ClFN2O2. The average molecular weight is 281 g/mol. The van der Waals surface area contributed by atoms with Crippen molar-refractivity contribution in [3.05, 3.63) is 69.0 Å². The summed E-state index contributed by atoms with van der Waals surface area (Å²) in [6.07, 6.45) is 0. The quantitative estimate of drug-likeness (QED) is 0.680. The van der Waals surface area contributed by atoms with Crippen LogP contribution in [0.3, 0.4) is 0 Å². The highest BCUT2D eigenvalue weighted by Gasteiger charge is 2.10. The van der Waals surface area contributed by atoms with Crippen molar-refractivity contribution in [1.29, 1.82) is 0 Å². The van der Waals surface area contributed by atoms with Gasteiger partial charge in [0.1, 0.15) is 5.82 Å². The molecule has 4 nitrogen and oxygen atoms in total. The molecule has 2 aromatic carbocycles. The maximum atomic E-state index is 13.5. The SMILES string of the molecule is O=[N+]([O-])c1ccc(F)c(NCc2ccccc2Cl)c1. The summed E-state index contributed by atoms with van der Waals surface area (Å²) < 4.78 is 13.5. The molecule has 1 N–H and O–H groups in total. The summed E-state index contributed by atoms with van der Waals surface area (Å²) in [6.45, 7) is 0.289. The number of rotatable bonds is 4. The molecule has 98 valence electrons. The van der Waals surface area contributed by atoms with Crippen LogP contribution < -0.4 is 5.32 Å². The van der Waals surface area contributed by atoms with E-state index in [9.17, 15) is 14.5 Å². The summed E-state index contributed by atoms with van der Waals surface area (Å²) in [4.78, 5) is 10.1. The van der Waals surface area contributed by atoms with E-state index < -0.39 is 10.7 Å². The highest BCUT2D eigenvalue weighted by molar-refractivity contribution is 6.31. The summed E-state index contributed by atoms with van der Waals surface area (Å²) in [5, 5.41) is 14.0. The Morgan fingerprint density at radius 1 is 1.26 bits per heavy atom. The van der Waals surface area contributed by atoms with Crippen LogP contribution in [0.1, 0.15) is 5.56 Å². The summed E-state index contributed by atoms with van der Waals surface area (Å²) in [6, 6.07) is 10.5. The van der Waals surface area contributed by atoms with Crippen molar-refractivity contribution >= 4 is 23.0 Å². The number of hydrogen-bond donors (Lipinski definition) is 1. The first-order valence-corrected chi connectivity index (χ1v) is 5.87. The number of nitro groups is 1. The zero-order chi connectivity index (χ0) is 13.8. The molecule has 0 heterocycles. The van der Waals surface area contributed by atoms with Gasteiger partial charge in [-0.15, -0.1) is 0 Å².